The highest BCUT2D eigenvalue weighted by Crippen LogP contribution is 2.23. The van der Waals surface area contributed by atoms with Crippen LogP contribution in [0.15, 0.2) is 48.5 Å². The molecule has 1 aromatic heterocycles. The standard InChI is InChI=1S/C24H27N3O2S/c1-2-18-7-9-19(10-8-18)21(28)11-12-24(29)27-15-13-26(14-16-27)17-23-25-20-5-3-4-6-22(20)30-23/h3-10H,2,11-17H2,1H3. The topological polar surface area (TPSA) is 53.5 Å². The van der Waals surface area contributed by atoms with E-state index in [-0.39, 0.29) is 24.5 Å². The molecule has 6 heteroatoms. The van der Waals surface area contributed by atoms with E-state index in [1.165, 1.54) is 10.3 Å². The first-order chi connectivity index (χ1) is 14.6. The van der Waals surface area contributed by atoms with Crippen molar-refractivity contribution in [3.8, 4) is 0 Å². The third-order valence-electron chi connectivity index (χ3n) is 5.67. The predicted molar refractivity (Wildman–Crippen MR) is 121 cm³/mol. The van der Waals surface area contributed by atoms with Gasteiger partial charge in [-0.3, -0.25) is 14.5 Å². The number of carbonyl (C=O) groups excluding carboxylic acids is 2. The fourth-order valence-electron chi connectivity index (χ4n) is 3.78. The summed E-state index contributed by atoms with van der Waals surface area (Å²) >= 11 is 1.74. The summed E-state index contributed by atoms with van der Waals surface area (Å²) in [6, 6.07) is 15.9. The molecule has 0 saturated carbocycles. The number of fused-ring (bicyclic) bond motifs is 1. The number of rotatable bonds is 7. The Morgan fingerprint density at radius 1 is 0.967 bits per heavy atom. The number of carbonyl (C=O) groups is 2. The summed E-state index contributed by atoms with van der Waals surface area (Å²) in [6.45, 7) is 6.02. The first-order valence-electron chi connectivity index (χ1n) is 10.6. The van der Waals surface area contributed by atoms with Crippen molar-refractivity contribution in [2.24, 2.45) is 0 Å². The molecule has 0 unspecified atom stereocenters. The van der Waals surface area contributed by atoms with Crippen LogP contribution < -0.4 is 0 Å². The van der Waals surface area contributed by atoms with Gasteiger partial charge in [0.2, 0.25) is 5.91 Å². The van der Waals surface area contributed by atoms with Crippen molar-refractivity contribution < 1.29 is 9.59 Å². The number of nitrogens with zero attached hydrogens (tertiary/aromatic N) is 3. The quantitative estimate of drug-likeness (QED) is 0.538. The highest BCUT2D eigenvalue weighted by molar-refractivity contribution is 7.18. The molecule has 1 aliphatic heterocycles. The van der Waals surface area contributed by atoms with Gasteiger partial charge in [0.15, 0.2) is 5.78 Å². The third-order valence-corrected chi connectivity index (χ3v) is 6.69. The van der Waals surface area contributed by atoms with Crippen molar-refractivity contribution >= 4 is 33.2 Å². The predicted octanol–water partition coefficient (Wildman–Crippen LogP) is 4.17. The zero-order chi connectivity index (χ0) is 20.9. The van der Waals surface area contributed by atoms with E-state index in [9.17, 15) is 9.59 Å². The Morgan fingerprint density at radius 2 is 1.70 bits per heavy atom. The Balaban J connectivity index is 1.23. The summed E-state index contributed by atoms with van der Waals surface area (Å²) in [5.74, 6) is 0.119. The number of para-hydroxylation sites is 1. The van der Waals surface area contributed by atoms with E-state index >= 15 is 0 Å². The minimum atomic E-state index is 0.0421. The Labute approximate surface area is 181 Å². The van der Waals surface area contributed by atoms with Gasteiger partial charge < -0.3 is 4.90 Å². The zero-order valence-electron chi connectivity index (χ0n) is 17.3. The van der Waals surface area contributed by atoms with E-state index in [0.29, 0.717) is 18.7 Å². The van der Waals surface area contributed by atoms with Gasteiger partial charge in [-0.1, -0.05) is 43.3 Å². The van der Waals surface area contributed by atoms with Crippen LogP contribution in [0.4, 0.5) is 0 Å². The number of aryl methyl sites for hydroxylation is 1. The molecule has 1 saturated heterocycles. The van der Waals surface area contributed by atoms with Gasteiger partial charge in [0.05, 0.1) is 16.8 Å². The SMILES string of the molecule is CCc1ccc(C(=O)CCC(=O)N2CCN(Cc3nc4ccccc4s3)CC2)cc1. The fraction of sp³-hybridized carbons (Fsp3) is 0.375. The summed E-state index contributed by atoms with van der Waals surface area (Å²) in [6.07, 6.45) is 1.51. The number of benzene rings is 2. The maximum Gasteiger partial charge on any atom is 0.223 e. The molecule has 2 aromatic carbocycles. The molecule has 0 spiro atoms. The second-order valence-corrected chi connectivity index (χ2v) is 8.82. The lowest BCUT2D eigenvalue weighted by Gasteiger charge is -2.34. The van der Waals surface area contributed by atoms with Crippen LogP contribution in [0.5, 0.6) is 0 Å². The minimum Gasteiger partial charge on any atom is -0.340 e. The molecule has 0 N–H and O–H groups in total. The van der Waals surface area contributed by atoms with Gasteiger partial charge in [0, 0.05) is 44.6 Å². The molecule has 0 aliphatic carbocycles. The number of amides is 1. The summed E-state index contributed by atoms with van der Waals surface area (Å²) in [7, 11) is 0. The monoisotopic (exact) mass is 421 g/mol. The number of piperazine rings is 1. The highest BCUT2D eigenvalue weighted by Gasteiger charge is 2.22. The van der Waals surface area contributed by atoms with Crippen LogP contribution in [0.2, 0.25) is 0 Å². The first kappa shape index (κ1) is 20.7. The summed E-state index contributed by atoms with van der Waals surface area (Å²) in [5, 5.41) is 1.12. The van der Waals surface area contributed by atoms with Crippen molar-refractivity contribution in [3.05, 3.63) is 64.7 Å². The second-order valence-electron chi connectivity index (χ2n) is 7.71. The van der Waals surface area contributed by atoms with Crippen LogP contribution in [0.1, 0.15) is 40.7 Å². The lowest BCUT2D eigenvalue weighted by atomic mass is 10.0. The van der Waals surface area contributed by atoms with Gasteiger partial charge in [-0.2, -0.15) is 0 Å². The maximum atomic E-state index is 12.6. The number of thiazole rings is 1. The molecule has 0 bridgehead atoms. The lowest BCUT2D eigenvalue weighted by molar-refractivity contribution is -0.132. The van der Waals surface area contributed by atoms with Gasteiger partial charge in [-0.15, -0.1) is 11.3 Å². The first-order valence-corrected chi connectivity index (χ1v) is 11.4. The molecule has 0 radical (unpaired) electrons. The van der Waals surface area contributed by atoms with Gasteiger partial charge >= 0.3 is 0 Å². The van der Waals surface area contributed by atoms with Crippen molar-refractivity contribution in [1.29, 1.82) is 0 Å². The van der Waals surface area contributed by atoms with Crippen molar-refractivity contribution in [2.75, 3.05) is 26.2 Å². The molecule has 156 valence electrons. The summed E-state index contributed by atoms with van der Waals surface area (Å²) < 4.78 is 1.22. The maximum absolute atomic E-state index is 12.6. The van der Waals surface area contributed by atoms with Crippen LogP contribution >= 0.6 is 11.3 Å². The molecule has 5 nitrogen and oxygen atoms in total. The largest absolute Gasteiger partial charge is 0.340 e. The van der Waals surface area contributed by atoms with Crippen LogP contribution in [-0.2, 0) is 17.8 Å². The van der Waals surface area contributed by atoms with E-state index in [4.69, 9.17) is 4.98 Å². The molecule has 30 heavy (non-hydrogen) atoms. The van der Waals surface area contributed by atoms with Crippen LogP contribution in [0.25, 0.3) is 10.2 Å². The van der Waals surface area contributed by atoms with Gasteiger partial charge in [-0.05, 0) is 24.1 Å². The molecule has 3 aromatic rings. The Hall–Kier alpha value is -2.57. The fourth-order valence-corrected chi connectivity index (χ4v) is 4.79. The van der Waals surface area contributed by atoms with E-state index in [1.54, 1.807) is 11.3 Å². The van der Waals surface area contributed by atoms with Gasteiger partial charge in [0.1, 0.15) is 5.01 Å². The lowest BCUT2D eigenvalue weighted by Crippen LogP contribution is -2.48. The summed E-state index contributed by atoms with van der Waals surface area (Å²) in [4.78, 5) is 33.9. The number of aromatic nitrogens is 1. The Morgan fingerprint density at radius 3 is 2.40 bits per heavy atom. The van der Waals surface area contributed by atoms with E-state index in [1.807, 2.05) is 47.4 Å². The van der Waals surface area contributed by atoms with E-state index < -0.39 is 0 Å². The molecular formula is C24H27N3O2S. The number of Topliss-reactive ketones (excluding diaryl/α,β-unsaturated/α-hetero) is 1. The number of ketones is 1. The van der Waals surface area contributed by atoms with Crippen LogP contribution in [-0.4, -0.2) is 52.7 Å². The van der Waals surface area contributed by atoms with Gasteiger partial charge in [-0.25, -0.2) is 4.98 Å². The number of hydrogen-bond donors (Lipinski definition) is 0. The smallest absolute Gasteiger partial charge is 0.223 e. The average Bonchev–Trinajstić information content (AvgIpc) is 3.20. The van der Waals surface area contributed by atoms with E-state index in [2.05, 4.69) is 17.9 Å². The third kappa shape index (κ3) is 4.94. The van der Waals surface area contributed by atoms with Crippen LogP contribution in [0, 0.1) is 0 Å². The molecule has 0 atom stereocenters. The molecule has 4 rings (SSSR count). The molecule has 1 aliphatic rings. The average molecular weight is 422 g/mol. The second kappa shape index (κ2) is 9.49. The van der Waals surface area contributed by atoms with Crippen molar-refractivity contribution in [2.45, 2.75) is 32.7 Å². The molecular weight excluding hydrogens is 394 g/mol. The Bertz CT molecular complexity index is 987. The summed E-state index contributed by atoms with van der Waals surface area (Å²) in [5.41, 5.74) is 2.97. The molecule has 1 fully saturated rings. The van der Waals surface area contributed by atoms with Crippen LogP contribution in [0.3, 0.4) is 0 Å². The zero-order valence-corrected chi connectivity index (χ0v) is 18.2. The highest BCUT2D eigenvalue weighted by atomic mass is 32.1. The Kier molecular flexibility index (Phi) is 6.55. The number of hydrogen-bond acceptors (Lipinski definition) is 5. The normalized spacial score (nSPS) is 14.9. The van der Waals surface area contributed by atoms with Crippen molar-refractivity contribution in [1.82, 2.24) is 14.8 Å². The van der Waals surface area contributed by atoms with Gasteiger partial charge in [0.25, 0.3) is 0 Å². The van der Waals surface area contributed by atoms with E-state index in [0.717, 1.165) is 36.6 Å². The minimum absolute atomic E-state index is 0.0421. The molecule has 2 heterocycles. The molecule has 1 amide bonds. The van der Waals surface area contributed by atoms with Crippen molar-refractivity contribution in [3.63, 3.8) is 0 Å².